The zero-order chi connectivity index (χ0) is 11.8. The summed E-state index contributed by atoms with van der Waals surface area (Å²) < 4.78 is 10.5. The first-order chi connectivity index (χ1) is 8.26. The minimum absolute atomic E-state index is 0.250. The van der Waals surface area contributed by atoms with Crippen LogP contribution in [0.1, 0.15) is 11.7 Å². The number of hydrogen-bond acceptors (Lipinski definition) is 5. The van der Waals surface area contributed by atoms with Gasteiger partial charge >= 0.3 is 0 Å². The molecule has 2 aromatic heterocycles. The van der Waals surface area contributed by atoms with Crippen molar-refractivity contribution in [3.8, 4) is 11.4 Å². The number of benzene rings is 1. The summed E-state index contributed by atoms with van der Waals surface area (Å²) in [6, 6.07) is 7.74. The molecule has 0 aliphatic carbocycles. The van der Waals surface area contributed by atoms with Crippen molar-refractivity contribution in [2.75, 3.05) is 0 Å². The molecule has 86 valence electrons. The van der Waals surface area contributed by atoms with Gasteiger partial charge in [-0.15, -0.1) is 0 Å². The van der Waals surface area contributed by atoms with E-state index in [9.17, 15) is 0 Å². The Labute approximate surface area is 97.2 Å². The first-order valence-corrected chi connectivity index (χ1v) is 5.29. The normalized spacial score (nSPS) is 11.2. The molecule has 3 rings (SSSR count). The van der Waals surface area contributed by atoms with Gasteiger partial charge in [0, 0.05) is 10.9 Å². The highest BCUT2D eigenvalue weighted by Crippen LogP contribution is 2.24. The number of aromatic nitrogens is 2. The Bertz CT molecular complexity index is 669. The Balaban J connectivity index is 2.10. The van der Waals surface area contributed by atoms with Crippen LogP contribution in [0, 0.1) is 6.92 Å². The van der Waals surface area contributed by atoms with Gasteiger partial charge < -0.3 is 14.7 Å². The van der Waals surface area contributed by atoms with E-state index in [1.54, 1.807) is 0 Å². The first kappa shape index (κ1) is 10.0. The molecule has 2 N–H and O–H groups in total. The van der Waals surface area contributed by atoms with Crippen LogP contribution < -0.4 is 5.73 Å². The molecule has 0 amide bonds. The molecule has 0 fully saturated rings. The molecule has 0 atom stereocenters. The Morgan fingerprint density at radius 1 is 1.29 bits per heavy atom. The topological polar surface area (TPSA) is 78.1 Å². The smallest absolute Gasteiger partial charge is 0.240 e. The van der Waals surface area contributed by atoms with E-state index in [2.05, 4.69) is 10.1 Å². The average molecular weight is 229 g/mol. The van der Waals surface area contributed by atoms with Gasteiger partial charge in [-0.1, -0.05) is 5.16 Å². The highest BCUT2D eigenvalue weighted by molar-refractivity contribution is 5.82. The van der Waals surface area contributed by atoms with Gasteiger partial charge in [0.2, 0.25) is 11.7 Å². The predicted octanol–water partition coefficient (Wildman–Crippen LogP) is 2.25. The van der Waals surface area contributed by atoms with Gasteiger partial charge in [-0.05, 0) is 31.2 Å². The molecule has 0 unspecified atom stereocenters. The molecule has 0 aliphatic rings. The van der Waals surface area contributed by atoms with E-state index in [1.807, 2.05) is 31.2 Å². The Morgan fingerprint density at radius 2 is 2.18 bits per heavy atom. The van der Waals surface area contributed by atoms with Crippen molar-refractivity contribution >= 4 is 11.0 Å². The van der Waals surface area contributed by atoms with Gasteiger partial charge in [-0.2, -0.15) is 4.98 Å². The largest absolute Gasteiger partial charge is 0.461 e. The van der Waals surface area contributed by atoms with Gasteiger partial charge in [0.1, 0.15) is 11.3 Å². The summed E-state index contributed by atoms with van der Waals surface area (Å²) in [5, 5.41) is 4.90. The van der Waals surface area contributed by atoms with E-state index in [-0.39, 0.29) is 6.54 Å². The monoisotopic (exact) mass is 229 g/mol. The standard InChI is InChI=1S/C12H11N3O2/c1-7-4-9-5-8(2-3-10(9)16-7)12-14-11(6-13)17-15-12/h2-5H,6,13H2,1H3. The summed E-state index contributed by atoms with van der Waals surface area (Å²) >= 11 is 0. The summed E-state index contributed by atoms with van der Waals surface area (Å²) in [5.41, 5.74) is 7.17. The summed E-state index contributed by atoms with van der Waals surface area (Å²) in [7, 11) is 0. The fraction of sp³-hybridized carbons (Fsp3) is 0.167. The van der Waals surface area contributed by atoms with Crippen LogP contribution in [0.2, 0.25) is 0 Å². The third kappa shape index (κ3) is 1.70. The summed E-state index contributed by atoms with van der Waals surface area (Å²) in [5.74, 6) is 1.86. The average Bonchev–Trinajstić information content (AvgIpc) is 2.92. The second-order valence-corrected chi connectivity index (χ2v) is 3.83. The van der Waals surface area contributed by atoms with E-state index in [0.717, 1.165) is 22.3 Å². The Hall–Kier alpha value is -2.14. The van der Waals surface area contributed by atoms with Crippen molar-refractivity contribution in [2.45, 2.75) is 13.5 Å². The third-order valence-corrected chi connectivity index (χ3v) is 2.54. The Morgan fingerprint density at radius 3 is 2.94 bits per heavy atom. The summed E-state index contributed by atoms with van der Waals surface area (Å²) in [4.78, 5) is 4.18. The lowest BCUT2D eigenvalue weighted by Gasteiger charge is -1.93. The first-order valence-electron chi connectivity index (χ1n) is 5.29. The minimum atomic E-state index is 0.250. The molecule has 0 saturated carbocycles. The molecule has 3 aromatic rings. The van der Waals surface area contributed by atoms with Gasteiger partial charge in [0.15, 0.2) is 0 Å². The maximum atomic E-state index is 5.50. The van der Waals surface area contributed by atoms with E-state index in [4.69, 9.17) is 14.7 Å². The molecular formula is C12H11N3O2. The van der Waals surface area contributed by atoms with Gasteiger partial charge in [0.05, 0.1) is 6.54 Å². The fourth-order valence-electron chi connectivity index (χ4n) is 1.77. The van der Waals surface area contributed by atoms with E-state index in [1.165, 1.54) is 0 Å². The van der Waals surface area contributed by atoms with E-state index >= 15 is 0 Å². The maximum Gasteiger partial charge on any atom is 0.240 e. The lowest BCUT2D eigenvalue weighted by atomic mass is 10.1. The minimum Gasteiger partial charge on any atom is -0.461 e. The molecule has 5 heteroatoms. The Kier molecular flexibility index (Phi) is 2.19. The summed E-state index contributed by atoms with van der Waals surface area (Å²) in [6.07, 6.45) is 0. The molecule has 0 bridgehead atoms. The van der Waals surface area contributed by atoms with E-state index < -0.39 is 0 Å². The van der Waals surface area contributed by atoms with Crippen LogP contribution in [0.3, 0.4) is 0 Å². The zero-order valence-electron chi connectivity index (χ0n) is 9.30. The number of fused-ring (bicyclic) bond motifs is 1. The van der Waals surface area contributed by atoms with Crippen LogP contribution in [0.5, 0.6) is 0 Å². The van der Waals surface area contributed by atoms with Crippen molar-refractivity contribution < 1.29 is 8.94 Å². The molecule has 0 spiro atoms. The van der Waals surface area contributed by atoms with Crippen molar-refractivity contribution in [1.29, 1.82) is 0 Å². The molecular weight excluding hydrogens is 218 g/mol. The fourth-order valence-corrected chi connectivity index (χ4v) is 1.77. The maximum absolute atomic E-state index is 5.50. The molecule has 0 saturated heterocycles. The number of aryl methyl sites for hydroxylation is 1. The van der Waals surface area contributed by atoms with Crippen LogP contribution in [0.25, 0.3) is 22.4 Å². The van der Waals surface area contributed by atoms with Crippen molar-refractivity contribution in [1.82, 2.24) is 10.1 Å². The summed E-state index contributed by atoms with van der Waals surface area (Å²) in [6.45, 7) is 2.17. The van der Waals surface area contributed by atoms with Gasteiger partial charge in [0.25, 0.3) is 0 Å². The zero-order valence-corrected chi connectivity index (χ0v) is 9.30. The third-order valence-electron chi connectivity index (χ3n) is 2.54. The number of nitrogens with zero attached hydrogens (tertiary/aromatic N) is 2. The van der Waals surface area contributed by atoms with Crippen molar-refractivity contribution in [2.24, 2.45) is 5.73 Å². The van der Waals surface area contributed by atoms with E-state index in [0.29, 0.717) is 11.7 Å². The van der Waals surface area contributed by atoms with Crippen LogP contribution in [-0.4, -0.2) is 10.1 Å². The highest BCUT2D eigenvalue weighted by Gasteiger charge is 2.09. The van der Waals surface area contributed by atoms with Gasteiger partial charge in [-0.25, -0.2) is 0 Å². The molecule has 17 heavy (non-hydrogen) atoms. The quantitative estimate of drug-likeness (QED) is 0.729. The van der Waals surface area contributed by atoms with Crippen LogP contribution in [0.15, 0.2) is 33.2 Å². The van der Waals surface area contributed by atoms with Crippen molar-refractivity contribution in [3.63, 3.8) is 0 Å². The molecule has 0 radical (unpaired) electrons. The predicted molar refractivity (Wildman–Crippen MR) is 62.1 cm³/mol. The van der Waals surface area contributed by atoms with Crippen LogP contribution >= 0.6 is 0 Å². The molecule has 5 nitrogen and oxygen atoms in total. The lowest BCUT2D eigenvalue weighted by Crippen LogP contribution is -1.95. The number of furan rings is 1. The van der Waals surface area contributed by atoms with Gasteiger partial charge in [-0.3, -0.25) is 0 Å². The van der Waals surface area contributed by atoms with Crippen LogP contribution in [0.4, 0.5) is 0 Å². The highest BCUT2D eigenvalue weighted by atomic mass is 16.5. The number of rotatable bonds is 2. The lowest BCUT2D eigenvalue weighted by molar-refractivity contribution is 0.380. The molecule has 2 heterocycles. The molecule has 1 aromatic carbocycles. The second-order valence-electron chi connectivity index (χ2n) is 3.83. The number of hydrogen-bond donors (Lipinski definition) is 1. The SMILES string of the molecule is Cc1cc2cc(-c3noc(CN)n3)ccc2o1. The van der Waals surface area contributed by atoms with Crippen LogP contribution in [-0.2, 0) is 6.54 Å². The van der Waals surface area contributed by atoms with Crippen molar-refractivity contribution in [3.05, 3.63) is 35.9 Å². The second kappa shape index (κ2) is 3.71. The molecule has 0 aliphatic heterocycles. The number of nitrogens with two attached hydrogens (primary N) is 1.